The first-order chi connectivity index (χ1) is 12.0. The Kier molecular flexibility index (Phi) is 7.02. The van der Waals surface area contributed by atoms with Gasteiger partial charge in [-0.15, -0.1) is 0 Å². The molecule has 1 amide bonds. The minimum Gasteiger partial charge on any atom is -0.492 e. The Morgan fingerprint density at radius 1 is 1.12 bits per heavy atom. The zero-order valence-corrected chi connectivity index (χ0v) is 15.6. The van der Waals surface area contributed by atoms with Gasteiger partial charge in [0.15, 0.2) is 0 Å². The number of para-hydroxylation sites is 2. The topological polar surface area (TPSA) is 41.6 Å². The quantitative estimate of drug-likeness (QED) is 0.788. The van der Waals surface area contributed by atoms with Crippen molar-refractivity contribution >= 4 is 11.6 Å². The first kappa shape index (κ1) is 19.0. The molecular formula is C21H28N2O2. The molecule has 2 aromatic carbocycles. The van der Waals surface area contributed by atoms with E-state index in [-0.39, 0.29) is 5.91 Å². The van der Waals surface area contributed by atoms with Crippen molar-refractivity contribution in [2.24, 2.45) is 0 Å². The number of nitrogens with zero attached hydrogens (tertiary/aromatic N) is 1. The van der Waals surface area contributed by atoms with Crippen LogP contribution in [-0.2, 0) is 4.79 Å². The second kappa shape index (κ2) is 9.23. The van der Waals surface area contributed by atoms with Gasteiger partial charge in [0.05, 0.1) is 6.54 Å². The number of nitrogens with one attached hydrogen (secondary N) is 1. The molecule has 0 fully saturated rings. The summed E-state index contributed by atoms with van der Waals surface area (Å²) >= 11 is 0. The molecule has 0 aliphatic carbocycles. The molecule has 0 radical (unpaired) electrons. The summed E-state index contributed by atoms with van der Waals surface area (Å²) in [5.74, 6) is 1.22. The summed E-state index contributed by atoms with van der Waals surface area (Å²) in [6.45, 7) is 7.88. The van der Waals surface area contributed by atoms with E-state index in [1.54, 1.807) is 0 Å². The van der Waals surface area contributed by atoms with E-state index >= 15 is 0 Å². The van der Waals surface area contributed by atoms with Gasteiger partial charge in [0, 0.05) is 12.2 Å². The summed E-state index contributed by atoms with van der Waals surface area (Å²) in [4.78, 5) is 14.4. The number of ether oxygens (including phenoxy) is 1. The van der Waals surface area contributed by atoms with Crippen molar-refractivity contribution in [1.82, 2.24) is 4.90 Å². The summed E-state index contributed by atoms with van der Waals surface area (Å²) in [6.07, 6.45) is 0. The molecule has 134 valence electrons. The molecule has 0 aromatic heterocycles. The maximum Gasteiger partial charge on any atom is 0.238 e. The molecule has 0 bridgehead atoms. The second-order valence-electron chi connectivity index (χ2n) is 6.64. The normalized spacial score (nSPS) is 11.0. The number of hydrogen-bond acceptors (Lipinski definition) is 3. The third-order valence-electron chi connectivity index (χ3n) is 4.09. The van der Waals surface area contributed by atoms with Crippen molar-refractivity contribution in [1.29, 1.82) is 0 Å². The average molecular weight is 340 g/mol. The maximum atomic E-state index is 12.4. The van der Waals surface area contributed by atoms with Crippen LogP contribution in [-0.4, -0.2) is 37.6 Å². The van der Waals surface area contributed by atoms with Crippen LogP contribution in [0.4, 0.5) is 5.69 Å². The number of amides is 1. The van der Waals surface area contributed by atoms with E-state index < -0.39 is 0 Å². The molecule has 0 aliphatic rings. The summed E-state index contributed by atoms with van der Waals surface area (Å²) in [5, 5.41) is 3.08. The Morgan fingerprint density at radius 3 is 2.52 bits per heavy atom. The summed E-state index contributed by atoms with van der Waals surface area (Å²) in [5.41, 5.74) is 3.20. The minimum absolute atomic E-state index is 0.00147. The zero-order valence-electron chi connectivity index (χ0n) is 15.6. The van der Waals surface area contributed by atoms with Gasteiger partial charge in [0.2, 0.25) is 5.91 Å². The van der Waals surface area contributed by atoms with Crippen LogP contribution in [0.15, 0.2) is 48.5 Å². The Morgan fingerprint density at radius 2 is 1.84 bits per heavy atom. The van der Waals surface area contributed by atoms with E-state index in [0.29, 0.717) is 25.6 Å². The highest BCUT2D eigenvalue weighted by Crippen LogP contribution is 2.27. The molecule has 0 spiro atoms. The van der Waals surface area contributed by atoms with Gasteiger partial charge in [-0.25, -0.2) is 0 Å². The van der Waals surface area contributed by atoms with Gasteiger partial charge in [0.1, 0.15) is 12.4 Å². The van der Waals surface area contributed by atoms with E-state index in [0.717, 1.165) is 17.0 Å². The minimum atomic E-state index is -0.00147. The maximum absolute atomic E-state index is 12.4. The molecule has 2 rings (SSSR count). The van der Waals surface area contributed by atoms with Crippen molar-refractivity contribution in [2.45, 2.75) is 26.7 Å². The molecule has 0 saturated heterocycles. The van der Waals surface area contributed by atoms with Crippen molar-refractivity contribution in [2.75, 3.05) is 32.1 Å². The summed E-state index contributed by atoms with van der Waals surface area (Å²) in [7, 11) is 1.93. The highest BCUT2D eigenvalue weighted by Gasteiger charge is 2.13. The van der Waals surface area contributed by atoms with E-state index in [1.807, 2.05) is 61.3 Å². The van der Waals surface area contributed by atoms with Gasteiger partial charge >= 0.3 is 0 Å². The highest BCUT2D eigenvalue weighted by molar-refractivity contribution is 5.93. The van der Waals surface area contributed by atoms with Crippen molar-refractivity contribution < 1.29 is 9.53 Å². The second-order valence-corrected chi connectivity index (χ2v) is 6.64. The van der Waals surface area contributed by atoms with Crippen LogP contribution in [0.1, 0.15) is 30.9 Å². The Labute approximate surface area is 150 Å². The molecule has 0 aliphatic heterocycles. The van der Waals surface area contributed by atoms with E-state index in [2.05, 4.69) is 25.2 Å². The number of aryl methyl sites for hydroxylation is 1. The lowest BCUT2D eigenvalue weighted by atomic mass is 9.98. The fourth-order valence-electron chi connectivity index (χ4n) is 2.68. The van der Waals surface area contributed by atoms with E-state index in [1.165, 1.54) is 5.56 Å². The number of anilines is 1. The van der Waals surface area contributed by atoms with Gasteiger partial charge < -0.3 is 10.1 Å². The monoisotopic (exact) mass is 340 g/mol. The predicted molar refractivity (Wildman–Crippen MR) is 103 cm³/mol. The van der Waals surface area contributed by atoms with E-state index in [9.17, 15) is 4.79 Å². The fourth-order valence-corrected chi connectivity index (χ4v) is 2.68. The Bertz CT molecular complexity index is 684. The van der Waals surface area contributed by atoms with Crippen LogP contribution in [0.2, 0.25) is 0 Å². The Balaban J connectivity index is 1.84. The lowest BCUT2D eigenvalue weighted by Crippen LogP contribution is -2.33. The fraction of sp³-hybridized carbons (Fsp3) is 0.381. The van der Waals surface area contributed by atoms with Crippen LogP contribution < -0.4 is 10.1 Å². The summed E-state index contributed by atoms with van der Waals surface area (Å²) in [6, 6.07) is 15.8. The van der Waals surface area contributed by atoms with Gasteiger partial charge in [-0.3, -0.25) is 9.69 Å². The Hall–Kier alpha value is -2.33. The van der Waals surface area contributed by atoms with Gasteiger partial charge in [-0.1, -0.05) is 50.2 Å². The molecule has 0 unspecified atom stereocenters. The molecule has 4 heteroatoms. The van der Waals surface area contributed by atoms with Gasteiger partial charge in [-0.05, 0) is 43.1 Å². The molecule has 2 aromatic rings. The molecule has 0 heterocycles. The smallest absolute Gasteiger partial charge is 0.238 e. The van der Waals surface area contributed by atoms with Crippen LogP contribution in [0, 0.1) is 6.92 Å². The number of benzene rings is 2. The van der Waals surface area contributed by atoms with Crippen molar-refractivity contribution in [3.05, 3.63) is 59.7 Å². The van der Waals surface area contributed by atoms with Gasteiger partial charge in [0.25, 0.3) is 0 Å². The molecule has 4 nitrogen and oxygen atoms in total. The SMILES string of the molecule is Cc1cccc(C(C)C)c1NC(=O)CN(C)CCOc1ccccc1. The standard InChI is InChI=1S/C21H28N2O2/c1-16(2)19-12-8-9-17(3)21(19)22-20(24)15-23(4)13-14-25-18-10-6-5-7-11-18/h5-12,16H,13-15H2,1-4H3,(H,22,24). The number of carbonyl (C=O) groups is 1. The van der Waals surface area contributed by atoms with Crippen LogP contribution >= 0.6 is 0 Å². The highest BCUT2D eigenvalue weighted by atomic mass is 16.5. The third kappa shape index (κ3) is 5.91. The lowest BCUT2D eigenvalue weighted by molar-refractivity contribution is -0.117. The molecule has 25 heavy (non-hydrogen) atoms. The molecule has 0 saturated carbocycles. The third-order valence-corrected chi connectivity index (χ3v) is 4.09. The lowest BCUT2D eigenvalue weighted by Gasteiger charge is -2.19. The number of likely N-dealkylation sites (N-methyl/N-ethyl adjacent to an activating group) is 1. The van der Waals surface area contributed by atoms with Crippen LogP contribution in [0.25, 0.3) is 0 Å². The summed E-state index contributed by atoms with van der Waals surface area (Å²) < 4.78 is 5.67. The predicted octanol–water partition coefficient (Wildman–Crippen LogP) is 4.07. The largest absolute Gasteiger partial charge is 0.492 e. The molecule has 0 atom stereocenters. The van der Waals surface area contributed by atoms with Crippen LogP contribution in [0.5, 0.6) is 5.75 Å². The van der Waals surface area contributed by atoms with Crippen molar-refractivity contribution in [3.8, 4) is 5.75 Å². The zero-order chi connectivity index (χ0) is 18.2. The number of carbonyl (C=O) groups excluding carboxylic acids is 1. The van der Waals surface area contributed by atoms with E-state index in [4.69, 9.17) is 4.74 Å². The number of hydrogen-bond donors (Lipinski definition) is 1. The average Bonchev–Trinajstić information content (AvgIpc) is 2.57. The first-order valence-corrected chi connectivity index (χ1v) is 8.73. The van der Waals surface area contributed by atoms with Crippen LogP contribution in [0.3, 0.4) is 0 Å². The molecular weight excluding hydrogens is 312 g/mol. The molecule has 1 N–H and O–H groups in total. The van der Waals surface area contributed by atoms with Crippen molar-refractivity contribution in [3.63, 3.8) is 0 Å². The first-order valence-electron chi connectivity index (χ1n) is 8.73. The number of rotatable bonds is 8. The van der Waals surface area contributed by atoms with Gasteiger partial charge in [-0.2, -0.15) is 0 Å².